The lowest BCUT2D eigenvalue weighted by molar-refractivity contribution is -0.156. The van der Waals surface area contributed by atoms with Gasteiger partial charge < -0.3 is 20.1 Å². The Morgan fingerprint density at radius 3 is 2.00 bits per heavy atom. The Hall–Kier alpha value is -3.35. The Bertz CT molecular complexity index is 985. The first-order valence-electron chi connectivity index (χ1n) is 10.7. The highest BCUT2D eigenvalue weighted by Gasteiger charge is 2.39. The first-order valence-corrected chi connectivity index (χ1v) is 10.7. The predicted molar refractivity (Wildman–Crippen MR) is 121 cm³/mol. The average molecular weight is 439 g/mol. The normalized spacial score (nSPS) is 13.8. The van der Waals surface area contributed by atoms with Crippen molar-refractivity contribution in [1.29, 1.82) is 0 Å². The molecule has 32 heavy (non-hydrogen) atoms. The van der Waals surface area contributed by atoms with Crippen LogP contribution in [0.15, 0.2) is 48.5 Å². The molecule has 1 atom stereocenters. The number of hydrogen-bond donors (Lipinski definition) is 2. The smallest absolute Gasteiger partial charge is 0.407 e. The van der Waals surface area contributed by atoms with E-state index in [2.05, 4.69) is 17.4 Å². The number of aliphatic carboxylic acids is 1. The van der Waals surface area contributed by atoms with E-state index < -0.39 is 29.6 Å². The van der Waals surface area contributed by atoms with Crippen LogP contribution in [0.4, 0.5) is 4.79 Å². The first-order chi connectivity index (χ1) is 15.1. The summed E-state index contributed by atoms with van der Waals surface area (Å²) in [5.41, 5.74) is 3.05. The summed E-state index contributed by atoms with van der Waals surface area (Å²) in [5.74, 6) is -1.96. The molecule has 0 radical (unpaired) electrons. The van der Waals surface area contributed by atoms with Crippen molar-refractivity contribution < 1.29 is 24.2 Å². The molecule has 1 aliphatic rings. The minimum absolute atomic E-state index is 0.0880. The van der Waals surface area contributed by atoms with E-state index in [1.165, 1.54) is 20.9 Å². The van der Waals surface area contributed by atoms with Gasteiger partial charge >= 0.3 is 12.1 Å². The SMILES string of the molecule is CC(C)C(NC(=O)OCC1c2ccccc2-c2ccccc21)C(=O)N(C)C(C)(C)C(=O)O. The number of carbonyl (C=O) groups excluding carboxylic acids is 2. The maximum Gasteiger partial charge on any atom is 0.407 e. The van der Waals surface area contributed by atoms with Crippen LogP contribution in [-0.2, 0) is 14.3 Å². The number of carboxylic acids is 1. The lowest BCUT2D eigenvalue weighted by Gasteiger charge is -2.35. The minimum Gasteiger partial charge on any atom is -0.480 e. The molecule has 0 bridgehead atoms. The van der Waals surface area contributed by atoms with Crippen LogP contribution in [0.25, 0.3) is 11.1 Å². The van der Waals surface area contributed by atoms with Crippen LogP contribution in [0.3, 0.4) is 0 Å². The molecule has 1 unspecified atom stereocenters. The second-order valence-electron chi connectivity index (χ2n) is 8.95. The van der Waals surface area contributed by atoms with Crippen molar-refractivity contribution in [3.05, 3.63) is 59.7 Å². The number of alkyl carbamates (subject to hydrolysis) is 1. The Morgan fingerprint density at radius 2 is 1.53 bits per heavy atom. The van der Waals surface area contributed by atoms with E-state index in [4.69, 9.17) is 4.74 Å². The molecule has 7 nitrogen and oxygen atoms in total. The summed E-state index contributed by atoms with van der Waals surface area (Å²) in [4.78, 5) is 38.2. The van der Waals surface area contributed by atoms with E-state index in [-0.39, 0.29) is 18.4 Å². The van der Waals surface area contributed by atoms with Crippen LogP contribution in [0.5, 0.6) is 0 Å². The average Bonchev–Trinajstić information content (AvgIpc) is 3.08. The number of nitrogens with one attached hydrogen (secondary N) is 1. The highest BCUT2D eigenvalue weighted by molar-refractivity contribution is 5.91. The molecule has 2 aromatic carbocycles. The summed E-state index contributed by atoms with van der Waals surface area (Å²) >= 11 is 0. The third-order valence-corrected chi connectivity index (χ3v) is 6.24. The second-order valence-corrected chi connectivity index (χ2v) is 8.95. The van der Waals surface area contributed by atoms with Crippen molar-refractivity contribution in [3.63, 3.8) is 0 Å². The molecular weight excluding hydrogens is 408 g/mol. The molecule has 0 saturated heterocycles. The van der Waals surface area contributed by atoms with E-state index in [0.29, 0.717) is 0 Å². The molecule has 0 saturated carbocycles. The zero-order valence-electron chi connectivity index (χ0n) is 19.1. The largest absolute Gasteiger partial charge is 0.480 e. The summed E-state index contributed by atoms with van der Waals surface area (Å²) in [6, 6.07) is 15.2. The first kappa shape index (κ1) is 23.3. The van der Waals surface area contributed by atoms with Gasteiger partial charge in [0.1, 0.15) is 18.2 Å². The number of carbonyl (C=O) groups is 3. The highest BCUT2D eigenvalue weighted by Crippen LogP contribution is 2.44. The lowest BCUT2D eigenvalue weighted by Crippen LogP contribution is -2.58. The molecule has 170 valence electrons. The van der Waals surface area contributed by atoms with E-state index in [9.17, 15) is 19.5 Å². The van der Waals surface area contributed by atoms with Gasteiger partial charge in [-0.15, -0.1) is 0 Å². The highest BCUT2D eigenvalue weighted by atomic mass is 16.5. The van der Waals surface area contributed by atoms with Gasteiger partial charge in [0.15, 0.2) is 0 Å². The number of nitrogens with zero attached hydrogens (tertiary/aromatic N) is 1. The lowest BCUT2D eigenvalue weighted by atomic mass is 9.98. The topological polar surface area (TPSA) is 95.9 Å². The molecule has 1 aliphatic carbocycles. The number of ether oxygens (including phenoxy) is 1. The summed E-state index contributed by atoms with van der Waals surface area (Å²) in [6.07, 6.45) is -0.708. The molecule has 0 aromatic heterocycles. The van der Waals surface area contributed by atoms with Crippen molar-refractivity contribution in [3.8, 4) is 11.1 Å². The number of hydrogen-bond acceptors (Lipinski definition) is 4. The minimum atomic E-state index is -1.41. The van der Waals surface area contributed by atoms with Gasteiger partial charge in [0.2, 0.25) is 5.91 Å². The fourth-order valence-electron chi connectivity index (χ4n) is 3.91. The molecule has 2 aromatic rings. The number of benzene rings is 2. The molecule has 0 heterocycles. The zero-order valence-corrected chi connectivity index (χ0v) is 19.1. The molecule has 7 heteroatoms. The van der Waals surface area contributed by atoms with E-state index in [0.717, 1.165) is 27.2 Å². The van der Waals surface area contributed by atoms with E-state index in [1.54, 1.807) is 13.8 Å². The fourth-order valence-corrected chi connectivity index (χ4v) is 3.91. The number of likely N-dealkylation sites (N-methyl/N-ethyl adjacent to an activating group) is 1. The summed E-state index contributed by atoms with van der Waals surface area (Å²) < 4.78 is 5.55. The predicted octanol–water partition coefficient (Wildman–Crippen LogP) is 3.87. The van der Waals surface area contributed by atoms with Crippen molar-refractivity contribution in [2.45, 2.75) is 45.2 Å². The Kier molecular flexibility index (Phi) is 6.57. The fraction of sp³-hybridized carbons (Fsp3) is 0.400. The Morgan fingerprint density at radius 1 is 1.03 bits per heavy atom. The van der Waals surface area contributed by atoms with Crippen molar-refractivity contribution in [2.75, 3.05) is 13.7 Å². The molecule has 0 aliphatic heterocycles. The molecule has 2 N–H and O–H groups in total. The number of rotatable bonds is 7. The Labute approximate surface area is 188 Å². The van der Waals surface area contributed by atoms with Gasteiger partial charge in [0.05, 0.1) is 0 Å². The van der Waals surface area contributed by atoms with E-state index >= 15 is 0 Å². The van der Waals surface area contributed by atoms with Gasteiger partial charge in [-0.05, 0) is 42.0 Å². The number of fused-ring (bicyclic) bond motifs is 3. The molecular formula is C25H30N2O5. The van der Waals surface area contributed by atoms with Crippen LogP contribution in [-0.4, -0.2) is 53.2 Å². The number of amides is 2. The second kappa shape index (κ2) is 9.02. The summed E-state index contributed by atoms with van der Waals surface area (Å²) in [6.45, 7) is 6.59. The third kappa shape index (κ3) is 4.33. The standard InChI is InChI=1S/C25H30N2O5/c1-15(2)21(22(28)27(5)25(3,4)23(29)30)26-24(31)32-14-20-18-12-8-6-10-16(18)17-11-7-9-13-19(17)20/h6-13,15,20-21H,14H2,1-5H3,(H,26,31)(H,29,30). The van der Waals surface area contributed by atoms with Crippen LogP contribution in [0.2, 0.25) is 0 Å². The van der Waals surface area contributed by atoms with Crippen LogP contribution in [0.1, 0.15) is 44.7 Å². The van der Waals surface area contributed by atoms with Gasteiger partial charge in [-0.3, -0.25) is 4.79 Å². The van der Waals surface area contributed by atoms with Gasteiger partial charge in [-0.2, -0.15) is 0 Å². The van der Waals surface area contributed by atoms with Crippen molar-refractivity contribution in [1.82, 2.24) is 10.2 Å². The van der Waals surface area contributed by atoms with Crippen LogP contribution < -0.4 is 5.32 Å². The van der Waals surface area contributed by atoms with Crippen molar-refractivity contribution in [2.24, 2.45) is 5.92 Å². The maximum absolute atomic E-state index is 13.0. The molecule has 0 fully saturated rings. The monoisotopic (exact) mass is 438 g/mol. The van der Waals surface area contributed by atoms with Gasteiger partial charge in [0.25, 0.3) is 0 Å². The maximum atomic E-state index is 13.0. The Balaban J connectivity index is 1.71. The quantitative estimate of drug-likeness (QED) is 0.684. The van der Waals surface area contributed by atoms with Gasteiger partial charge in [0, 0.05) is 13.0 Å². The van der Waals surface area contributed by atoms with Crippen LogP contribution >= 0.6 is 0 Å². The molecule has 3 rings (SSSR count). The van der Waals surface area contributed by atoms with Gasteiger partial charge in [-0.25, -0.2) is 9.59 Å². The van der Waals surface area contributed by atoms with Gasteiger partial charge in [-0.1, -0.05) is 62.4 Å². The van der Waals surface area contributed by atoms with Crippen molar-refractivity contribution >= 4 is 18.0 Å². The zero-order chi connectivity index (χ0) is 23.6. The molecule has 2 amide bonds. The van der Waals surface area contributed by atoms with E-state index in [1.807, 2.05) is 36.4 Å². The number of carboxylic acid groups (broad SMARTS) is 1. The third-order valence-electron chi connectivity index (χ3n) is 6.24. The summed E-state index contributed by atoms with van der Waals surface area (Å²) in [7, 11) is 1.42. The molecule has 0 spiro atoms. The van der Waals surface area contributed by atoms with Crippen LogP contribution in [0, 0.1) is 5.92 Å². The summed E-state index contributed by atoms with van der Waals surface area (Å²) in [5, 5.41) is 12.1.